The van der Waals surface area contributed by atoms with E-state index in [0.29, 0.717) is 54.3 Å². The fraction of sp³-hybridized carbons (Fsp3) is 0.192. The van der Waals surface area contributed by atoms with Crippen LogP contribution in [-0.4, -0.2) is 67.3 Å². The number of fused-ring (bicyclic) bond motifs is 2. The molecule has 0 bridgehead atoms. The van der Waals surface area contributed by atoms with E-state index in [1.807, 2.05) is 24.0 Å². The summed E-state index contributed by atoms with van der Waals surface area (Å²) in [5, 5.41) is 15.4. The zero-order chi connectivity index (χ0) is 25.7. The number of nitrogens with zero attached hydrogens (tertiary/aromatic N) is 6. The van der Waals surface area contributed by atoms with Crippen molar-refractivity contribution in [3.8, 4) is 22.5 Å². The van der Waals surface area contributed by atoms with Gasteiger partial charge in [-0.1, -0.05) is 24.2 Å². The van der Waals surface area contributed by atoms with E-state index in [1.165, 1.54) is 6.08 Å². The lowest BCUT2D eigenvalue weighted by Crippen LogP contribution is -2.48. The number of aromatic amines is 2. The molecule has 5 aromatic rings. The summed E-state index contributed by atoms with van der Waals surface area (Å²) in [6.45, 7) is 7.51. The maximum atomic E-state index is 16.5. The Morgan fingerprint density at radius 3 is 2.65 bits per heavy atom. The topological polar surface area (TPSA) is 107 Å². The number of aromatic nitrogens is 6. The number of hydrogen-bond donors (Lipinski definition) is 2. The molecule has 186 valence electrons. The highest BCUT2D eigenvalue weighted by molar-refractivity contribution is 6.35. The van der Waals surface area contributed by atoms with E-state index in [2.05, 4.69) is 32.0 Å². The Morgan fingerprint density at radius 2 is 1.92 bits per heavy atom. The maximum Gasteiger partial charge on any atom is 0.246 e. The summed E-state index contributed by atoms with van der Waals surface area (Å²) in [5.41, 5.74) is 3.37. The van der Waals surface area contributed by atoms with Crippen molar-refractivity contribution < 1.29 is 9.18 Å². The van der Waals surface area contributed by atoms with Crippen LogP contribution in [0.25, 0.3) is 44.3 Å². The van der Waals surface area contributed by atoms with Crippen molar-refractivity contribution in [3.63, 3.8) is 0 Å². The molecule has 0 aliphatic carbocycles. The Kier molecular flexibility index (Phi) is 5.60. The Hall–Kier alpha value is -4.31. The second kappa shape index (κ2) is 8.97. The second-order valence-corrected chi connectivity index (χ2v) is 9.31. The molecule has 0 atom stereocenters. The van der Waals surface area contributed by atoms with E-state index in [1.54, 1.807) is 29.6 Å². The number of benzene rings is 2. The van der Waals surface area contributed by atoms with Crippen LogP contribution in [-0.2, 0) is 4.79 Å². The van der Waals surface area contributed by atoms with Crippen LogP contribution in [0, 0.1) is 12.7 Å². The molecule has 1 aliphatic heterocycles. The fourth-order valence-corrected chi connectivity index (χ4v) is 5.17. The van der Waals surface area contributed by atoms with Crippen molar-refractivity contribution in [2.75, 3.05) is 31.1 Å². The van der Waals surface area contributed by atoms with Gasteiger partial charge in [-0.05, 0) is 30.7 Å². The van der Waals surface area contributed by atoms with Gasteiger partial charge in [-0.25, -0.2) is 14.4 Å². The van der Waals surface area contributed by atoms with Crippen molar-refractivity contribution in [1.29, 1.82) is 0 Å². The smallest absolute Gasteiger partial charge is 0.246 e. The maximum absolute atomic E-state index is 16.5. The zero-order valence-corrected chi connectivity index (χ0v) is 20.7. The third kappa shape index (κ3) is 3.80. The largest absolute Gasteiger partial charge is 0.352 e. The molecular weight excluding hydrogens is 495 g/mol. The normalized spacial score (nSPS) is 14.0. The zero-order valence-electron chi connectivity index (χ0n) is 19.9. The van der Waals surface area contributed by atoms with Crippen molar-refractivity contribution >= 4 is 45.1 Å². The van der Waals surface area contributed by atoms with Crippen molar-refractivity contribution in [2.24, 2.45) is 0 Å². The van der Waals surface area contributed by atoms with E-state index < -0.39 is 5.82 Å². The Bertz CT molecular complexity index is 1670. The molecule has 2 aromatic carbocycles. The predicted molar refractivity (Wildman–Crippen MR) is 141 cm³/mol. The van der Waals surface area contributed by atoms with E-state index in [4.69, 9.17) is 16.6 Å². The summed E-state index contributed by atoms with van der Waals surface area (Å²) in [4.78, 5) is 25.2. The summed E-state index contributed by atoms with van der Waals surface area (Å²) in [6.07, 6.45) is 6.24. The standard InChI is InChI=1S/C26H22ClFN8O/c1-3-20(37)35-6-8-36(9-7-35)26-16-10-18(27)22(21-14(2)4-5-19-17(21)13-31-34-19)23(28)24(16)32-25(33-26)15-11-29-30-12-15/h3-5,10-13H,1,6-9H2,2H3,(H,29,30)(H,31,34). The minimum atomic E-state index is -0.534. The van der Waals surface area contributed by atoms with Gasteiger partial charge in [0.2, 0.25) is 5.91 Å². The molecule has 1 saturated heterocycles. The van der Waals surface area contributed by atoms with Crippen LogP contribution in [0.5, 0.6) is 0 Å². The number of piperazine rings is 1. The van der Waals surface area contributed by atoms with Crippen molar-refractivity contribution in [2.45, 2.75) is 6.92 Å². The van der Waals surface area contributed by atoms with Crippen LogP contribution in [0.2, 0.25) is 5.02 Å². The average Bonchev–Trinajstić information content (AvgIpc) is 3.62. The minimum Gasteiger partial charge on any atom is -0.352 e. The van der Waals surface area contributed by atoms with Gasteiger partial charge >= 0.3 is 0 Å². The summed E-state index contributed by atoms with van der Waals surface area (Å²) in [5.74, 6) is 0.241. The van der Waals surface area contributed by atoms with Gasteiger partial charge in [-0.2, -0.15) is 10.2 Å². The van der Waals surface area contributed by atoms with Crippen molar-refractivity contribution in [1.82, 2.24) is 35.3 Å². The van der Waals surface area contributed by atoms with Gasteiger partial charge in [0.15, 0.2) is 11.6 Å². The molecule has 9 nitrogen and oxygen atoms in total. The first-order valence-corrected chi connectivity index (χ1v) is 12.1. The van der Waals surface area contributed by atoms with Crippen LogP contribution in [0.4, 0.5) is 10.2 Å². The number of nitrogens with one attached hydrogen (secondary N) is 2. The monoisotopic (exact) mass is 516 g/mol. The molecule has 2 N–H and O–H groups in total. The van der Waals surface area contributed by atoms with Crippen LogP contribution in [0.3, 0.4) is 0 Å². The number of amides is 1. The first-order chi connectivity index (χ1) is 18.0. The second-order valence-electron chi connectivity index (χ2n) is 8.91. The Morgan fingerprint density at radius 1 is 1.11 bits per heavy atom. The van der Waals surface area contributed by atoms with Crippen LogP contribution in [0.15, 0.2) is 49.4 Å². The Labute approximate surface area is 216 Å². The molecule has 0 unspecified atom stereocenters. The SMILES string of the molecule is C=CC(=O)N1CCN(c2nc(-c3cn[nH]c3)nc3c(F)c(-c4c(C)ccc5[nH]ncc45)c(Cl)cc23)CC1. The van der Waals surface area contributed by atoms with E-state index in [0.717, 1.165) is 16.5 Å². The third-order valence-corrected chi connectivity index (χ3v) is 7.07. The summed E-state index contributed by atoms with van der Waals surface area (Å²) < 4.78 is 16.5. The number of carbonyl (C=O) groups excluding carboxylic acids is 1. The first kappa shape index (κ1) is 23.1. The number of aryl methyl sites for hydroxylation is 1. The van der Waals surface area contributed by atoms with Gasteiger partial charge in [0.25, 0.3) is 0 Å². The quantitative estimate of drug-likeness (QED) is 0.341. The molecule has 1 aliphatic rings. The van der Waals surface area contributed by atoms with Crippen LogP contribution >= 0.6 is 11.6 Å². The molecule has 3 aromatic heterocycles. The number of anilines is 1. The molecule has 0 radical (unpaired) electrons. The van der Waals surface area contributed by atoms with E-state index in [-0.39, 0.29) is 22.0 Å². The number of H-pyrrole nitrogens is 2. The Balaban J connectivity index is 1.56. The highest BCUT2D eigenvalue weighted by Crippen LogP contribution is 2.42. The molecule has 37 heavy (non-hydrogen) atoms. The third-order valence-electron chi connectivity index (χ3n) is 6.77. The van der Waals surface area contributed by atoms with Gasteiger partial charge in [-0.3, -0.25) is 15.0 Å². The first-order valence-electron chi connectivity index (χ1n) is 11.7. The molecule has 1 fully saturated rings. The molecule has 0 spiro atoms. The number of hydrogen-bond acceptors (Lipinski definition) is 6. The van der Waals surface area contributed by atoms with E-state index >= 15 is 4.39 Å². The van der Waals surface area contributed by atoms with Gasteiger partial charge in [0, 0.05) is 54.3 Å². The highest BCUT2D eigenvalue weighted by Gasteiger charge is 2.27. The van der Waals surface area contributed by atoms with Crippen LogP contribution < -0.4 is 4.90 Å². The van der Waals surface area contributed by atoms with Gasteiger partial charge in [0.1, 0.15) is 11.3 Å². The minimum absolute atomic E-state index is 0.117. The lowest BCUT2D eigenvalue weighted by atomic mass is 9.95. The number of carbonyl (C=O) groups is 1. The van der Waals surface area contributed by atoms with Gasteiger partial charge < -0.3 is 9.80 Å². The molecular formula is C26H22ClFN8O. The average molecular weight is 517 g/mol. The van der Waals surface area contributed by atoms with Crippen LogP contribution in [0.1, 0.15) is 5.56 Å². The highest BCUT2D eigenvalue weighted by atomic mass is 35.5. The van der Waals surface area contributed by atoms with Gasteiger partial charge in [-0.15, -0.1) is 0 Å². The van der Waals surface area contributed by atoms with E-state index in [9.17, 15) is 4.79 Å². The molecule has 0 saturated carbocycles. The molecule has 11 heteroatoms. The number of rotatable bonds is 4. The molecule has 6 rings (SSSR count). The predicted octanol–water partition coefficient (Wildman–Crippen LogP) is 4.50. The lowest BCUT2D eigenvalue weighted by Gasteiger charge is -2.35. The molecule has 1 amide bonds. The molecule has 4 heterocycles. The number of halogens is 2. The van der Waals surface area contributed by atoms with Crippen molar-refractivity contribution in [3.05, 3.63) is 65.8 Å². The summed E-state index contributed by atoms with van der Waals surface area (Å²) >= 11 is 6.79. The summed E-state index contributed by atoms with van der Waals surface area (Å²) in [6, 6.07) is 5.54. The lowest BCUT2D eigenvalue weighted by molar-refractivity contribution is -0.126. The summed E-state index contributed by atoms with van der Waals surface area (Å²) in [7, 11) is 0. The van der Waals surface area contributed by atoms with Gasteiger partial charge in [0.05, 0.1) is 28.5 Å². The fourth-order valence-electron chi connectivity index (χ4n) is 4.88.